The molecule has 0 unspecified atom stereocenters. The van der Waals surface area contributed by atoms with Gasteiger partial charge in [-0.05, 0) is 25.2 Å². The Morgan fingerprint density at radius 2 is 1.59 bits per heavy atom. The molecule has 0 spiro atoms. The fraction of sp³-hybridized carbons (Fsp3) is 0.692. The molecule has 1 aliphatic rings. The van der Waals surface area contributed by atoms with Gasteiger partial charge in [-0.25, -0.2) is 9.97 Å². The lowest BCUT2D eigenvalue weighted by atomic mass is 9.82. The van der Waals surface area contributed by atoms with Gasteiger partial charge in [0.05, 0.1) is 0 Å². The molecule has 1 fully saturated rings. The summed E-state index contributed by atoms with van der Waals surface area (Å²) < 4.78 is 0. The van der Waals surface area contributed by atoms with E-state index in [0.717, 1.165) is 36.6 Å². The molecule has 17 heavy (non-hydrogen) atoms. The standard InChI is InChI=1S/C13H18Cl2N2/c1-3-10-11(14)16-13(17-12(10)15)9-6-4-8(2)5-7-9/h8-9H,3-7H2,1-2H3. The zero-order valence-electron chi connectivity index (χ0n) is 10.3. The first-order valence-electron chi connectivity index (χ1n) is 6.33. The van der Waals surface area contributed by atoms with Gasteiger partial charge in [0.1, 0.15) is 16.1 Å². The average molecular weight is 273 g/mol. The van der Waals surface area contributed by atoms with E-state index in [2.05, 4.69) is 16.9 Å². The van der Waals surface area contributed by atoms with Crippen LogP contribution in [0.3, 0.4) is 0 Å². The lowest BCUT2D eigenvalue weighted by Gasteiger charge is -2.25. The van der Waals surface area contributed by atoms with Crippen molar-refractivity contribution in [1.29, 1.82) is 0 Å². The topological polar surface area (TPSA) is 25.8 Å². The molecule has 0 N–H and O–H groups in total. The minimum Gasteiger partial charge on any atom is -0.221 e. The number of hydrogen-bond donors (Lipinski definition) is 0. The van der Waals surface area contributed by atoms with Crippen LogP contribution in [0.25, 0.3) is 0 Å². The van der Waals surface area contributed by atoms with E-state index >= 15 is 0 Å². The van der Waals surface area contributed by atoms with E-state index < -0.39 is 0 Å². The highest BCUT2D eigenvalue weighted by molar-refractivity contribution is 6.34. The van der Waals surface area contributed by atoms with E-state index in [-0.39, 0.29) is 0 Å². The van der Waals surface area contributed by atoms with Gasteiger partial charge in [-0.3, -0.25) is 0 Å². The molecule has 1 aromatic rings. The minimum absolute atomic E-state index is 0.437. The molecular weight excluding hydrogens is 255 g/mol. The highest BCUT2D eigenvalue weighted by Gasteiger charge is 2.23. The fourth-order valence-corrected chi connectivity index (χ4v) is 3.11. The number of aromatic nitrogens is 2. The summed E-state index contributed by atoms with van der Waals surface area (Å²) in [6.07, 6.45) is 5.58. The molecule has 0 saturated heterocycles. The summed E-state index contributed by atoms with van der Waals surface area (Å²) in [5.41, 5.74) is 0.862. The number of nitrogens with zero attached hydrogens (tertiary/aromatic N) is 2. The molecule has 2 nitrogen and oxygen atoms in total. The van der Waals surface area contributed by atoms with Gasteiger partial charge in [0, 0.05) is 11.5 Å². The van der Waals surface area contributed by atoms with Crippen molar-refractivity contribution in [3.8, 4) is 0 Å². The summed E-state index contributed by atoms with van der Waals surface area (Å²) in [4.78, 5) is 8.85. The van der Waals surface area contributed by atoms with Crippen LogP contribution in [0.5, 0.6) is 0 Å². The van der Waals surface area contributed by atoms with Crippen molar-refractivity contribution < 1.29 is 0 Å². The third-order valence-corrected chi connectivity index (χ3v) is 4.28. The molecule has 0 radical (unpaired) electrons. The van der Waals surface area contributed by atoms with Crippen molar-refractivity contribution in [2.45, 2.75) is 51.9 Å². The molecule has 0 aliphatic heterocycles. The summed E-state index contributed by atoms with van der Waals surface area (Å²) in [6, 6.07) is 0. The zero-order chi connectivity index (χ0) is 12.4. The van der Waals surface area contributed by atoms with Crippen LogP contribution in [0.15, 0.2) is 0 Å². The third-order valence-electron chi connectivity index (χ3n) is 3.66. The van der Waals surface area contributed by atoms with Gasteiger partial charge < -0.3 is 0 Å². The largest absolute Gasteiger partial charge is 0.221 e. The summed E-state index contributed by atoms with van der Waals surface area (Å²) >= 11 is 12.3. The van der Waals surface area contributed by atoms with Crippen LogP contribution in [-0.4, -0.2) is 9.97 Å². The van der Waals surface area contributed by atoms with Crippen molar-refractivity contribution in [2.75, 3.05) is 0 Å². The Balaban J connectivity index is 2.22. The molecule has 1 saturated carbocycles. The van der Waals surface area contributed by atoms with Crippen LogP contribution in [0, 0.1) is 5.92 Å². The van der Waals surface area contributed by atoms with E-state index in [1.807, 2.05) is 6.92 Å². The molecule has 4 heteroatoms. The van der Waals surface area contributed by atoms with Crippen LogP contribution in [-0.2, 0) is 6.42 Å². The van der Waals surface area contributed by atoms with Gasteiger partial charge in [-0.1, -0.05) is 49.9 Å². The zero-order valence-corrected chi connectivity index (χ0v) is 11.9. The first-order chi connectivity index (χ1) is 8.11. The molecule has 1 aromatic heterocycles. The average Bonchev–Trinajstić information content (AvgIpc) is 2.29. The number of halogens is 2. The maximum Gasteiger partial charge on any atom is 0.137 e. The minimum atomic E-state index is 0.437. The number of hydrogen-bond acceptors (Lipinski definition) is 2. The summed E-state index contributed by atoms with van der Waals surface area (Å²) in [5, 5.41) is 1.06. The lowest BCUT2D eigenvalue weighted by Crippen LogP contribution is -2.14. The van der Waals surface area contributed by atoms with Crippen molar-refractivity contribution in [3.63, 3.8) is 0 Å². The Morgan fingerprint density at radius 3 is 2.06 bits per heavy atom. The summed E-state index contributed by atoms with van der Waals surface area (Å²) in [5.74, 6) is 2.10. The normalized spacial score (nSPS) is 24.9. The van der Waals surface area contributed by atoms with E-state index in [4.69, 9.17) is 23.2 Å². The molecule has 0 amide bonds. The van der Waals surface area contributed by atoms with Crippen molar-refractivity contribution in [3.05, 3.63) is 21.7 Å². The van der Waals surface area contributed by atoms with E-state index in [9.17, 15) is 0 Å². The maximum atomic E-state index is 6.15. The van der Waals surface area contributed by atoms with Crippen molar-refractivity contribution in [2.24, 2.45) is 5.92 Å². The highest BCUT2D eigenvalue weighted by atomic mass is 35.5. The first kappa shape index (κ1) is 13.1. The highest BCUT2D eigenvalue weighted by Crippen LogP contribution is 2.35. The molecule has 2 rings (SSSR count). The smallest absolute Gasteiger partial charge is 0.137 e. The van der Waals surface area contributed by atoms with Gasteiger partial charge in [0.2, 0.25) is 0 Å². The summed E-state index contributed by atoms with van der Waals surface area (Å²) in [7, 11) is 0. The second-order valence-electron chi connectivity index (χ2n) is 4.95. The molecule has 1 aliphatic carbocycles. The Morgan fingerprint density at radius 1 is 1.06 bits per heavy atom. The molecular formula is C13H18Cl2N2. The van der Waals surface area contributed by atoms with Gasteiger partial charge in [-0.2, -0.15) is 0 Å². The van der Waals surface area contributed by atoms with Crippen molar-refractivity contribution in [1.82, 2.24) is 9.97 Å². The third kappa shape index (κ3) is 2.92. The Labute approximate surface area is 113 Å². The fourth-order valence-electron chi connectivity index (χ4n) is 2.44. The Bertz CT molecular complexity index is 375. The van der Waals surface area contributed by atoms with Crippen LogP contribution < -0.4 is 0 Å². The van der Waals surface area contributed by atoms with E-state index in [1.54, 1.807) is 0 Å². The quantitative estimate of drug-likeness (QED) is 0.733. The SMILES string of the molecule is CCc1c(Cl)nc(C2CCC(C)CC2)nc1Cl. The van der Waals surface area contributed by atoms with Crippen LogP contribution in [0.4, 0.5) is 0 Å². The second-order valence-corrected chi connectivity index (χ2v) is 5.67. The van der Waals surface area contributed by atoms with E-state index in [0.29, 0.717) is 16.2 Å². The van der Waals surface area contributed by atoms with E-state index in [1.165, 1.54) is 12.8 Å². The first-order valence-corrected chi connectivity index (χ1v) is 7.09. The number of rotatable bonds is 2. The Kier molecular flexibility index (Phi) is 4.26. The molecule has 0 atom stereocenters. The van der Waals surface area contributed by atoms with Crippen LogP contribution in [0.2, 0.25) is 10.3 Å². The molecule has 1 heterocycles. The lowest BCUT2D eigenvalue weighted by molar-refractivity contribution is 0.339. The second kappa shape index (κ2) is 5.53. The predicted molar refractivity (Wildman–Crippen MR) is 71.8 cm³/mol. The molecule has 0 aromatic carbocycles. The van der Waals surface area contributed by atoms with Gasteiger partial charge in [-0.15, -0.1) is 0 Å². The predicted octanol–water partition coefficient (Wildman–Crippen LogP) is 4.64. The summed E-state index contributed by atoms with van der Waals surface area (Å²) in [6.45, 7) is 4.32. The maximum absolute atomic E-state index is 6.15. The molecule has 94 valence electrons. The molecule has 0 bridgehead atoms. The Hall–Kier alpha value is -0.340. The van der Waals surface area contributed by atoms with Gasteiger partial charge in [0.15, 0.2) is 0 Å². The van der Waals surface area contributed by atoms with Crippen LogP contribution >= 0.6 is 23.2 Å². The van der Waals surface area contributed by atoms with Gasteiger partial charge >= 0.3 is 0 Å². The van der Waals surface area contributed by atoms with Gasteiger partial charge in [0.25, 0.3) is 0 Å². The monoisotopic (exact) mass is 272 g/mol. The van der Waals surface area contributed by atoms with Crippen LogP contribution in [0.1, 0.15) is 56.8 Å². The van der Waals surface area contributed by atoms with Crippen molar-refractivity contribution >= 4 is 23.2 Å².